The second kappa shape index (κ2) is 5.81. The van der Waals surface area contributed by atoms with Crippen molar-refractivity contribution in [1.29, 1.82) is 0 Å². The van der Waals surface area contributed by atoms with Crippen LogP contribution in [0.1, 0.15) is 0 Å². The number of H-pyrrole nitrogens is 1. The number of halogens is 1. The van der Waals surface area contributed by atoms with E-state index in [1.54, 1.807) is 13.2 Å². The van der Waals surface area contributed by atoms with Crippen molar-refractivity contribution in [2.75, 3.05) is 7.11 Å². The summed E-state index contributed by atoms with van der Waals surface area (Å²) >= 11 is 0. The lowest BCUT2D eigenvalue weighted by molar-refractivity contribution is 0.415. The molecule has 4 heteroatoms. The van der Waals surface area contributed by atoms with Crippen LogP contribution in [0.3, 0.4) is 0 Å². The first-order valence-electron chi connectivity index (χ1n) is 7.64. The molecule has 0 atom stereocenters. The summed E-state index contributed by atoms with van der Waals surface area (Å²) in [6.07, 6.45) is 0. The molecule has 0 aliphatic carbocycles. The van der Waals surface area contributed by atoms with Crippen LogP contribution >= 0.6 is 0 Å². The van der Waals surface area contributed by atoms with Gasteiger partial charge >= 0.3 is 0 Å². The fourth-order valence-electron chi connectivity index (χ4n) is 2.80. The Morgan fingerprint density at radius 1 is 0.917 bits per heavy atom. The second-order valence-corrected chi connectivity index (χ2v) is 5.52. The van der Waals surface area contributed by atoms with Gasteiger partial charge in [-0.3, -0.25) is 0 Å². The third-order valence-electron chi connectivity index (χ3n) is 4.02. The smallest absolute Gasteiger partial charge is 0.138 e. The summed E-state index contributed by atoms with van der Waals surface area (Å²) in [6, 6.07) is 20.3. The highest BCUT2D eigenvalue weighted by Gasteiger charge is 2.09. The first-order valence-corrected chi connectivity index (χ1v) is 7.64. The molecule has 1 N–H and O–H groups in total. The summed E-state index contributed by atoms with van der Waals surface area (Å²) in [7, 11) is 1.58. The van der Waals surface area contributed by atoms with E-state index in [1.165, 1.54) is 12.1 Å². The number of nitrogens with one attached hydrogen (secondary N) is 1. The highest BCUT2D eigenvalue weighted by Crippen LogP contribution is 2.32. The van der Waals surface area contributed by atoms with Crippen LogP contribution in [0, 0.1) is 5.82 Å². The van der Waals surface area contributed by atoms with Gasteiger partial charge in [0.1, 0.15) is 17.4 Å². The molecule has 0 bridgehead atoms. The van der Waals surface area contributed by atoms with Crippen LogP contribution in [0.2, 0.25) is 0 Å². The number of aromatic amines is 1. The van der Waals surface area contributed by atoms with Gasteiger partial charge in [-0.2, -0.15) is 0 Å². The second-order valence-electron chi connectivity index (χ2n) is 5.52. The van der Waals surface area contributed by atoms with E-state index in [1.807, 2.05) is 48.5 Å². The minimum absolute atomic E-state index is 0.285. The summed E-state index contributed by atoms with van der Waals surface area (Å²) in [5.74, 6) is 1.18. The molecule has 1 heterocycles. The lowest BCUT2D eigenvalue weighted by Gasteiger charge is -2.09. The van der Waals surface area contributed by atoms with Gasteiger partial charge < -0.3 is 9.72 Å². The molecule has 0 saturated carbocycles. The highest BCUT2D eigenvalue weighted by atomic mass is 19.1. The zero-order chi connectivity index (χ0) is 16.5. The minimum atomic E-state index is -0.285. The summed E-state index contributed by atoms with van der Waals surface area (Å²) in [5, 5.41) is 0. The van der Waals surface area contributed by atoms with Crippen molar-refractivity contribution in [2.45, 2.75) is 0 Å². The number of rotatable bonds is 3. The maximum atomic E-state index is 13.6. The SMILES string of the molecule is COc1ccc(F)cc1-c1ccc(-c2nc3ccccc3[nH]2)cc1. The Kier molecular flexibility index (Phi) is 3.50. The van der Waals surface area contributed by atoms with E-state index in [0.29, 0.717) is 5.75 Å². The van der Waals surface area contributed by atoms with Crippen molar-refractivity contribution < 1.29 is 9.13 Å². The number of para-hydroxylation sites is 2. The Hall–Kier alpha value is -3.14. The largest absolute Gasteiger partial charge is 0.496 e. The quantitative estimate of drug-likeness (QED) is 0.574. The Labute approximate surface area is 138 Å². The molecule has 4 aromatic rings. The first-order chi connectivity index (χ1) is 11.7. The summed E-state index contributed by atoms with van der Waals surface area (Å²) in [5.41, 5.74) is 4.54. The molecular weight excluding hydrogens is 303 g/mol. The number of imidazole rings is 1. The van der Waals surface area contributed by atoms with Crippen LogP contribution in [0.4, 0.5) is 4.39 Å². The number of methoxy groups -OCH3 is 1. The standard InChI is InChI=1S/C20H15FN2O/c1-24-19-11-10-15(21)12-16(19)13-6-8-14(9-7-13)20-22-17-4-2-3-5-18(17)23-20/h2-12H,1H3,(H,22,23). The van der Waals surface area contributed by atoms with Crippen LogP contribution in [-0.2, 0) is 0 Å². The molecule has 3 aromatic carbocycles. The monoisotopic (exact) mass is 318 g/mol. The Morgan fingerprint density at radius 2 is 1.67 bits per heavy atom. The van der Waals surface area contributed by atoms with Crippen molar-refractivity contribution in [2.24, 2.45) is 0 Å². The van der Waals surface area contributed by atoms with E-state index in [4.69, 9.17) is 4.74 Å². The molecule has 0 aliphatic rings. The summed E-state index contributed by atoms with van der Waals surface area (Å²) in [4.78, 5) is 7.90. The number of fused-ring (bicyclic) bond motifs is 1. The average Bonchev–Trinajstić information content (AvgIpc) is 3.06. The topological polar surface area (TPSA) is 37.9 Å². The first kappa shape index (κ1) is 14.5. The zero-order valence-corrected chi connectivity index (χ0v) is 13.1. The number of hydrogen-bond donors (Lipinski definition) is 1. The average molecular weight is 318 g/mol. The van der Waals surface area contributed by atoms with Crippen molar-refractivity contribution >= 4 is 11.0 Å². The van der Waals surface area contributed by atoms with Gasteiger partial charge in [-0.1, -0.05) is 36.4 Å². The van der Waals surface area contributed by atoms with E-state index in [2.05, 4.69) is 9.97 Å². The number of benzene rings is 3. The molecule has 0 saturated heterocycles. The summed E-state index contributed by atoms with van der Waals surface area (Å²) < 4.78 is 18.9. The van der Waals surface area contributed by atoms with Gasteiger partial charge in [-0.25, -0.2) is 9.37 Å². The van der Waals surface area contributed by atoms with Crippen molar-refractivity contribution in [1.82, 2.24) is 9.97 Å². The number of ether oxygens (including phenoxy) is 1. The Morgan fingerprint density at radius 3 is 2.42 bits per heavy atom. The van der Waals surface area contributed by atoms with E-state index in [0.717, 1.165) is 33.5 Å². The molecule has 1 aromatic heterocycles. The van der Waals surface area contributed by atoms with Gasteiger partial charge in [0.25, 0.3) is 0 Å². The molecule has 0 aliphatic heterocycles. The molecule has 118 valence electrons. The van der Waals surface area contributed by atoms with Gasteiger partial charge in [0.15, 0.2) is 0 Å². The van der Waals surface area contributed by atoms with Gasteiger partial charge in [-0.05, 0) is 35.9 Å². The molecule has 0 radical (unpaired) electrons. The van der Waals surface area contributed by atoms with Gasteiger partial charge in [0.05, 0.1) is 18.1 Å². The molecule has 0 fully saturated rings. The molecule has 0 unspecified atom stereocenters. The number of nitrogens with zero attached hydrogens (tertiary/aromatic N) is 1. The predicted molar refractivity (Wildman–Crippen MR) is 93.5 cm³/mol. The third-order valence-corrected chi connectivity index (χ3v) is 4.02. The van der Waals surface area contributed by atoms with Gasteiger partial charge in [0.2, 0.25) is 0 Å². The fraction of sp³-hybridized carbons (Fsp3) is 0.0500. The lowest BCUT2D eigenvalue weighted by Crippen LogP contribution is -1.89. The van der Waals surface area contributed by atoms with Crippen molar-refractivity contribution in [3.05, 3.63) is 72.5 Å². The molecule has 4 rings (SSSR count). The number of hydrogen-bond acceptors (Lipinski definition) is 2. The normalized spacial score (nSPS) is 10.9. The lowest BCUT2D eigenvalue weighted by atomic mass is 10.0. The van der Waals surface area contributed by atoms with Crippen molar-refractivity contribution in [3.8, 4) is 28.3 Å². The van der Waals surface area contributed by atoms with E-state index < -0.39 is 0 Å². The Bertz CT molecular complexity index is 973. The summed E-state index contributed by atoms with van der Waals surface area (Å²) in [6.45, 7) is 0. The maximum absolute atomic E-state index is 13.6. The minimum Gasteiger partial charge on any atom is -0.496 e. The molecular formula is C20H15FN2O. The third kappa shape index (κ3) is 2.52. The molecule has 24 heavy (non-hydrogen) atoms. The van der Waals surface area contributed by atoms with E-state index >= 15 is 0 Å². The van der Waals surface area contributed by atoms with Crippen LogP contribution in [0.15, 0.2) is 66.7 Å². The van der Waals surface area contributed by atoms with Gasteiger partial charge in [-0.15, -0.1) is 0 Å². The predicted octanol–water partition coefficient (Wildman–Crippen LogP) is 5.04. The number of aromatic nitrogens is 2. The molecule has 3 nitrogen and oxygen atoms in total. The van der Waals surface area contributed by atoms with E-state index in [-0.39, 0.29) is 5.82 Å². The molecule has 0 spiro atoms. The molecule has 0 amide bonds. The zero-order valence-electron chi connectivity index (χ0n) is 13.1. The van der Waals surface area contributed by atoms with E-state index in [9.17, 15) is 4.39 Å². The Balaban J connectivity index is 1.74. The highest BCUT2D eigenvalue weighted by molar-refractivity contribution is 5.80. The van der Waals surface area contributed by atoms with Crippen molar-refractivity contribution in [3.63, 3.8) is 0 Å². The van der Waals surface area contributed by atoms with Gasteiger partial charge in [0, 0.05) is 11.1 Å². The van der Waals surface area contributed by atoms with Crippen LogP contribution in [0.25, 0.3) is 33.5 Å². The maximum Gasteiger partial charge on any atom is 0.138 e. The van der Waals surface area contributed by atoms with Crippen LogP contribution < -0.4 is 4.74 Å². The van der Waals surface area contributed by atoms with Crippen LogP contribution in [-0.4, -0.2) is 17.1 Å². The fourth-order valence-corrected chi connectivity index (χ4v) is 2.80. The van der Waals surface area contributed by atoms with Crippen LogP contribution in [0.5, 0.6) is 5.75 Å².